The topological polar surface area (TPSA) is 132 Å². The molecule has 1 atom stereocenters. The van der Waals surface area contributed by atoms with Gasteiger partial charge in [0.2, 0.25) is 11.9 Å². The number of carbonyl (C=O) groups is 2. The highest BCUT2D eigenvalue weighted by Crippen LogP contribution is 2.18. The van der Waals surface area contributed by atoms with Crippen LogP contribution >= 0.6 is 0 Å². The lowest BCUT2D eigenvalue weighted by molar-refractivity contribution is -0.148. The van der Waals surface area contributed by atoms with Gasteiger partial charge in [0.1, 0.15) is 11.9 Å². The highest BCUT2D eigenvalue weighted by Gasteiger charge is 2.27. The lowest BCUT2D eigenvalue weighted by Crippen LogP contribution is -2.45. The molecule has 1 amide bonds. The van der Waals surface area contributed by atoms with E-state index < -0.39 is 23.7 Å². The Kier molecular flexibility index (Phi) is 7.50. The Morgan fingerprint density at radius 1 is 1.06 bits per heavy atom. The van der Waals surface area contributed by atoms with E-state index in [1.54, 1.807) is 13.8 Å². The van der Waals surface area contributed by atoms with Crippen molar-refractivity contribution in [1.29, 1.82) is 0 Å². The Morgan fingerprint density at radius 2 is 1.76 bits per heavy atom. The van der Waals surface area contributed by atoms with Crippen LogP contribution in [-0.4, -0.2) is 32.9 Å². The van der Waals surface area contributed by atoms with Crippen molar-refractivity contribution < 1.29 is 18.7 Å². The number of hydrogen-bond acceptors (Lipinski definition) is 8. The number of nitrogen functional groups attached to an aromatic ring is 1. The van der Waals surface area contributed by atoms with Crippen molar-refractivity contribution in [1.82, 2.24) is 20.3 Å². The fourth-order valence-electron chi connectivity index (χ4n) is 2.98. The monoisotopic (exact) mass is 452 g/mol. The van der Waals surface area contributed by atoms with Gasteiger partial charge < -0.3 is 21.1 Å². The van der Waals surface area contributed by atoms with Crippen LogP contribution in [0.5, 0.6) is 0 Å². The zero-order valence-corrected chi connectivity index (χ0v) is 18.5. The summed E-state index contributed by atoms with van der Waals surface area (Å²) in [5.41, 5.74) is 7.39. The molecule has 0 aliphatic heterocycles. The van der Waals surface area contributed by atoms with E-state index in [-0.39, 0.29) is 35.8 Å². The van der Waals surface area contributed by atoms with Crippen molar-refractivity contribution in [2.45, 2.75) is 33.4 Å². The van der Waals surface area contributed by atoms with Crippen molar-refractivity contribution >= 4 is 29.5 Å². The molecular weight excluding hydrogens is 427 g/mol. The Balaban J connectivity index is 1.68. The van der Waals surface area contributed by atoms with Gasteiger partial charge in [-0.15, -0.1) is 0 Å². The minimum Gasteiger partial charge on any atom is -0.456 e. The van der Waals surface area contributed by atoms with Gasteiger partial charge in [-0.3, -0.25) is 4.79 Å². The lowest BCUT2D eigenvalue weighted by atomic mass is 10.0. The standard InChI is InChI=1S/C23H25FN6O3/c1-13(2)19(29-20(31)15-9-5-6-10-16(15)24)21(32)33-12-18-27-22(25)30-23(28-18)26-17-11-7-4-8-14(17)3/h4-11,13,19H,12H2,1-3H3,(H,29,31)(H3,25,26,27,28,30)/t19-/m0/s1. The van der Waals surface area contributed by atoms with Gasteiger partial charge in [0.15, 0.2) is 12.4 Å². The quantitative estimate of drug-likeness (QED) is 0.444. The van der Waals surface area contributed by atoms with Crippen molar-refractivity contribution in [2.24, 2.45) is 5.92 Å². The molecule has 4 N–H and O–H groups in total. The number of nitrogens with one attached hydrogen (secondary N) is 2. The van der Waals surface area contributed by atoms with E-state index in [1.807, 2.05) is 31.2 Å². The minimum absolute atomic E-state index is 0.0413. The van der Waals surface area contributed by atoms with Crippen LogP contribution in [0.3, 0.4) is 0 Å². The molecule has 33 heavy (non-hydrogen) atoms. The number of aromatic nitrogens is 3. The number of benzene rings is 2. The van der Waals surface area contributed by atoms with Gasteiger partial charge >= 0.3 is 5.97 Å². The van der Waals surface area contributed by atoms with Crippen LogP contribution in [0.2, 0.25) is 0 Å². The van der Waals surface area contributed by atoms with Crippen LogP contribution in [0.15, 0.2) is 48.5 Å². The number of hydrogen-bond donors (Lipinski definition) is 3. The van der Waals surface area contributed by atoms with E-state index in [0.29, 0.717) is 0 Å². The van der Waals surface area contributed by atoms with Crippen molar-refractivity contribution in [2.75, 3.05) is 11.1 Å². The first-order valence-corrected chi connectivity index (χ1v) is 10.3. The van der Waals surface area contributed by atoms with Gasteiger partial charge in [0.25, 0.3) is 5.91 Å². The largest absolute Gasteiger partial charge is 0.456 e. The van der Waals surface area contributed by atoms with Crippen molar-refractivity contribution in [3.8, 4) is 0 Å². The number of rotatable bonds is 8. The van der Waals surface area contributed by atoms with Crippen LogP contribution in [0.25, 0.3) is 0 Å². The van der Waals surface area contributed by atoms with E-state index >= 15 is 0 Å². The summed E-state index contributed by atoms with van der Waals surface area (Å²) < 4.78 is 19.2. The third-order valence-corrected chi connectivity index (χ3v) is 4.76. The number of nitrogens with two attached hydrogens (primary N) is 1. The van der Waals surface area contributed by atoms with Gasteiger partial charge in [-0.2, -0.15) is 15.0 Å². The number of carbonyl (C=O) groups excluding carboxylic acids is 2. The SMILES string of the molecule is Cc1ccccc1Nc1nc(N)nc(COC(=O)[C@@H](NC(=O)c2ccccc2F)C(C)C)n1. The molecule has 1 aromatic heterocycles. The van der Waals surface area contributed by atoms with Gasteiger partial charge in [0.05, 0.1) is 5.56 Å². The molecular formula is C23H25FN6O3. The minimum atomic E-state index is -0.999. The molecule has 1 heterocycles. The average Bonchev–Trinajstić information content (AvgIpc) is 2.77. The molecule has 0 bridgehead atoms. The molecule has 2 aromatic carbocycles. The molecule has 0 unspecified atom stereocenters. The summed E-state index contributed by atoms with van der Waals surface area (Å²) in [6.45, 7) is 5.11. The second-order valence-corrected chi connectivity index (χ2v) is 7.66. The Morgan fingerprint density at radius 3 is 2.45 bits per heavy atom. The maximum absolute atomic E-state index is 13.9. The summed E-state index contributed by atoms with van der Waals surface area (Å²) in [6, 6.07) is 12.1. The number of anilines is 3. The van der Waals surface area contributed by atoms with Crippen LogP contribution in [0.4, 0.5) is 22.0 Å². The van der Waals surface area contributed by atoms with E-state index in [1.165, 1.54) is 24.3 Å². The van der Waals surface area contributed by atoms with Crippen molar-refractivity contribution in [3.63, 3.8) is 0 Å². The third-order valence-electron chi connectivity index (χ3n) is 4.76. The maximum atomic E-state index is 13.9. The number of para-hydroxylation sites is 1. The summed E-state index contributed by atoms with van der Waals surface area (Å²) in [5, 5.41) is 5.58. The number of amides is 1. The predicted octanol–water partition coefficient (Wildman–Crippen LogP) is 3.14. The summed E-state index contributed by atoms with van der Waals surface area (Å²) in [5.74, 6) is -2.11. The Bertz CT molecular complexity index is 1150. The van der Waals surface area contributed by atoms with Crippen molar-refractivity contribution in [3.05, 3.63) is 71.3 Å². The Hall–Kier alpha value is -4.08. The van der Waals surface area contributed by atoms with Gasteiger partial charge in [-0.05, 0) is 36.6 Å². The molecule has 9 nitrogen and oxygen atoms in total. The fourth-order valence-corrected chi connectivity index (χ4v) is 2.98. The van der Waals surface area contributed by atoms with Gasteiger partial charge in [-0.25, -0.2) is 9.18 Å². The smallest absolute Gasteiger partial charge is 0.329 e. The summed E-state index contributed by atoms with van der Waals surface area (Å²) in [4.78, 5) is 37.4. The first kappa shape index (κ1) is 23.6. The normalized spacial score (nSPS) is 11.7. The summed E-state index contributed by atoms with van der Waals surface area (Å²) in [7, 11) is 0. The molecule has 0 spiro atoms. The van der Waals surface area contributed by atoms with Crippen LogP contribution < -0.4 is 16.4 Å². The third kappa shape index (κ3) is 6.22. The second kappa shape index (κ2) is 10.5. The number of nitrogens with zero attached hydrogens (tertiary/aromatic N) is 3. The van der Waals surface area contributed by atoms with Crippen LogP contribution in [-0.2, 0) is 16.1 Å². The fraction of sp³-hybridized carbons (Fsp3) is 0.261. The molecule has 0 aliphatic carbocycles. The molecule has 0 saturated carbocycles. The molecule has 10 heteroatoms. The molecule has 0 saturated heterocycles. The number of ether oxygens (including phenoxy) is 1. The highest BCUT2D eigenvalue weighted by molar-refractivity contribution is 5.97. The van der Waals surface area contributed by atoms with E-state index in [4.69, 9.17) is 10.5 Å². The average molecular weight is 452 g/mol. The first-order valence-electron chi connectivity index (χ1n) is 10.3. The molecule has 0 fully saturated rings. The number of halogens is 1. The zero-order valence-electron chi connectivity index (χ0n) is 18.5. The number of aryl methyl sites for hydroxylation is 1. The molecule has 3 rings (SSSR count). The first-order chi connectivity index (χ1) is 15.7. The lowest BCUT2D eigenvalue weighted by Gasteiger charge is -2.21. The van der Waals surface area contributed by atoms with Crippen LogP contribution in [0, 0.1) is 18.7 Å². The zero-order chi connectivity index (χ0) is 24.0. The maximum Gasteiger partial charge on any atom is 0.329 e. The molecule has 3 aromatic rings. The number of esters is 1. The van der Waals surface area contributed by atoms with Gasteiger partial charge in [0, 0.05) is 5.69 Å². The molecule has 0 radical (unpaired) electrons. The molecule has 172 valence electrons. The predicted molar refractivity (Wildman–Crippen MR) is 121 cm³/mol. The summed E-state index contributed by atoms with van der Waals surface area (Å²) >= 11 is 0. The highest BCUT2D eigenvalue weighted by atomic mass is 19.1. The van der Waals surface area contributed by atoms with Crippen LogP contribution in [0.1, 0.15) is 35.6 Å². The molecule has 0 aliphatic rings. The second-order valence-electron chi connectivity index (χ2n) is 7.66. The van der Waals surface area contributed by atoms with E-state index in [2.05, 4.69) is 25.6 Å². The van der Waals surface area contributed by atoms with Gasteiger partial charge in [-0.1, -0.05) is 44.2 Å². The Labute approximate surface area is 190 Å². The van der Waals surface area contributed by atoms with E-state index in [9.17, 15) is 14.0 Å². The summed E-state index contributed by atoms with van der Waals surface area (Å²) in [6.07, 6.45) is 0. The van der Waals surface area contributed by atoms with E-state index in [0.717, 1.165) is 11.3 Å².